The van der Waals surface area contributed by atoms with Gasteiger partial charge in [-0.1, -0.05) is 52.8 Å². The van der Waals surface area contributed by atoms with Crippen LogP contribution in [0.2, 0.25) is 0 Å². The highest BCUT2D eigenvalue weighted by Gasteiger charge is 2.31. The Morgan fingerprint density at radius 3 is 1.86 bits per heavy atom. The van der Waals surface area contributed by atoms with Crippen LogP contribution in [0.15, 0.2) is 80.3 Å². The van der Waals surface area contributed by atoms with E-state index in [0.717, 1.165) is 22.5 Å². The number of sulfone groups is 2. The minimum absolute atomic E-state index is 0.0503. The van der Waals surface area contributed by atoms with Crippen molar-refractivity contribution in [1.29, 1.82) is 0 Å². The third-order valence-corrected chi connectivity index (χ3v) is 9.12. The Labute approximate surface area is 174 Å². The predicted molar refractivity (Wildman–Crippen MR) is 114 cm³/mol. The van der Waals surface area contributed by atoms with Crippen molar-refractivity contribution in [2.45, 2.75) is 33.0 Å². The fourth-order valence-electron chi connectivity index (χ4n) is 2.51. The third kappa shape index (κ3) is 4.26. The summed E-state index contributed by atoms with van der Waals surface area (Å²) in [6, 6.07) is 12.7. The van der Waals surface area contributed by atoms with Gasteiger partial charge in [0.2, 0.25) is 24.0 Å². The highest BCUT2D eigenvalue weighted by molar-refractivity contribution is 7.94. The van der Waals surface area contributed by atoms with Crippen LogP contribution < -0.4 is 5.32 Å². The molecular weight excluding hydrogens is 428 g/mol. The first-order valence-corrected chi connectivity index (χ1v) is 12.4. The largest absolute Gasteiger partial charge is 0.371 e. The summed E-state index contributed by atoms with van der Waals surface area (Å²) in [5.41, 5.74) is 1.83. The monoisotopic (exact) mass is 448 g/mol. The molecule has 0 unspecified atom stereocenters. The smallest absolute Gasteiger partial charge is 0.233 e. The minimum atomic E-state index is -4.01. The van der Waals surface area contributed by atoms with Gasteiger partial charge in [-0.05, 0) is 38.1 Å². The van der Waals surface area contributed by atoms with Gasteiger partial charge in [0.15, 0.2) is 5.03 Å². The Hall–Kier alpha value is -2.49. The fourth-order valence-corrected chi connectivity index (χ4v) is 6.81. The van der Waals surface area contributed by atoms with E-state index in [9.17, 15) is 16.8 Å². The topological polar surface area (TPSA) is 93.2 Å². The molecule has 0 saturated heterocycles. The first-order chi connectivity index (χ1) is 13.7. The Kier molecular flexibility index (Phi) is 5.92. The van der Waals surface area contributed by atoms with Crippen LogP contribution in [0.5, 0.6) is 0 Å². The maximum Gasteiger partial charge on any atom is 0.233 e. The van der Waals surface area contributed by atoms with E-state index in [0.29, 0.717) is 0 Å². The number of nitrogens with zero attached hydrogens (tertiary/aromatic N) is 1. The van der Waals surface area contributed by atoms with Crippen molar-refractivity contribution in [2.75, 3.05) is 11.9 Å². The number of aryl methyl sites for hydroxylation is 2. The highest BCUT2D eigenvalue weighted by atomic mass is 32.2. The Morgan fingerprint density at radius 1 is 0.897 bits per heavy atom. The van der Waals surface area contributed by atoms with E-state index in [4.69, 9.17) is 0 Å². The van der Waals surface area contributed by atoms with Gasteiger partial charge < -0.3 is 5.32 Å². The molecule has 3 rings (SSSR count). The third-order valence-electron chi connectivity index (χ3n) is 4.13. The summed E-state index contributed by atoms with van der Waals surface area (Å²) in [4.78, 5) is 4.16. The molecule has 0 bridgehead atoms. The maximum absolute atomic E-state index is 13.1. The lowest BCUT2D eigenvalue weighted by molar-refractivity contribution is 0.589. The summed E-state index contributed by atoms with van der Waals surface area (Å²) >= 11 is 0.793. The van der Waals surface area contributed by atoms with Crippen LogP contribution in [0, 0.1) is 13.8 Å². The minimum Gasteiger partial charge on any atom is -0.371 e. The molecule has 0 aliphatic heterocycles. The molecule has 0 fully saturated rings. The quantitative estimate of drug-likeness (QED) is 0.549. The van der Waals surface area contributed by atoms with Gasteiger partial charge in [-0.3, -0.25) is 0 Å². The summed E-state index contributed by atoms with van der Waals surface area (Å²) < 4.78 is 52.0. The molecule has 0 saturated carbocycles. The lowest BCUT2D eigenvalue weighted by Gasteiger charge is -2.05. The number of aromatic nitrogens is 1. The van der Waals surface area contributed by atoms with Crippen molar-refractivity contribution in [2.24, 2.45) is 0 Å². The van der Waals surface area contributed by atoms with Crippen molar-refractivity contribution >= 4 is 36.0 Å². The van der Waals surface area contributed by atoms with Gasteiger partial charge in [-0.25, -0.2) is 21.8 Å². The molecule has 3 aromatic rings. The molecule has 9 heteroatoms. The number of benzene rings is 2. The fraction of sp³-hybridized carbons (Fsp3) is 0.150. The molecule has 152 valence electrons. The van der Waals surface area contributed by atoms with E-state index in [-0.39, 0.29) is 30.7 Å². The van der Waals surface area contributed by atoms with E-state index in [2.05, 4.69) is 16.9 Å². The van der Waals surface area contributed by atoms with Crippen molar-refractivity contribution in [3.8, 4) is 0 Å². The summed E-state index contributed by atoms with van der Waals surface area (Å²) in [6.45, 7) is 7.57. The molecule has 0 aliphatic rings. The number of rotatable bonds is 7. The second kappa shape index (κ2) is 8.10. The second-order valence-electron chi connectivity index (χ2n) is 6.42. The number of anilines is 1. The predicted octanol–water partition coefficient (Wildman–Crippen LogP) is 4.02. The SMILES string of the molecule is C=CCNc1sc(S(=O)(=O)c2ccc(C)cc2)nc1S(=O)(=O)c1ccc(C)cc1. The van der Waals surface area contributed by atoms with E-state index >= 15 is 0 Å². The average Bonchev–Trinajstić information content (AvgIpc) is 3.13. The van der Waals surface area contributed by atoms with Gasteiger partial charge in [-0.15, -0.1) is 6.58 Å². The standard InChI is InChI=1S/C20H20N2O4S3/c1-4-13-21-18-19(28(23,24)16-9-5-14(2)6-10-16)22-20(27-18)29(25,26)17-11-7-15(3)8-12-17/h4-12,21H,1,13H2,2-3H3. The van der Waals surface area contributed by atoms with Crippen LogP contribution in [-0.2, 0) is 19.7 Å². The zero-order valence-corrected chi connectivity index (χ0v) is 18.4. The summed E-state index contributed by atoms with van der Waals surface area (Å²) in [6.07, 6.45) is 1.55. The number of nitrogens with one attached hydrogen (secondary N) is 1. The van der Waals surface area contributed by atoms with Crippen LogP contribution in [0.25, 0.3) is 0 Å². The van der Waals surface area contributed by atoms with Gasteiger partial charge in [0.05, 0.1) is 9.79 Å². The molecule has 0 spiro atoms. The lowest BCUT2D eigenvalue weighted by Crippen LogP contribution is -2.08. The van der Waals surface area contributed by atoms with Crippen molar-refractivity contribution < 1.29 is 16.8 Å². The molecule has 0 atom stereocenters. The van der Waals surface area contributed by atoms with Crippen LogP contribution in [0.3, 0.4) is 0 Å². The van der Waals surface area contributed by atoms with Gasteiger partial charge in [0.25, 0.3) is 0 Å². The van der Waals surface area contributed by atoms with Gasteiger partial charge in [0.1, 0.15) is 5.00 Å². The molecule has 1 heterocycles. The van der Waals surface area contributed by atoms with Gasteiger partial charge in [-0.2, -0.15) is 0 Å². The Bertz CT molecular complexity index is 1240. The molecule has 0 amide bonds. The molecule has 29 heavy (non-hydrogen) atoms. The Balaban J connectivity index is 2.15. The summed E-state index contributed by atoms with van der Waals surface area (Å²) in [7, 11) is -7.96. The number of hydrogen-bond acceptors (Lipinski definition) is 7. The van der Waals surface area contributed by atoms with Crippen LogP contribution in [-0.4, -0.2) is 28.4 Å². The van der Waals surface area contributed by atoms with E-state index in [1.165, 1.54) is 24.3 Å². The van der Waals surface area contributed by atoms with Crippen molar-refractivity contribution in [3.63, 3.8) is 0 Å². The molecule has 6 nitrogen and oxygen atoms in total. The molecule has 2 aromatic carbocycles. The van der Waals surface area contributed by atoms with Crippen LogP contribution in [0.1, 0.15) is 11.1 Å². The van der Waals surface area contributed by atoms with E-state index < -0.39 is 19.7 Å². The van der Waals surface area contributed by atoms with Crippen molar-refractivity contribution in [3.05, 3.63) is 72.3 Å². The molecule has 0 radical (unpaired) electrons. The van der Waals surface area contributed by atoms with Gasteiger partial charge in [0, 0.05) is 6.54 Å². The summed E-state index contributed by atoms with van der Waals surface area (Å²) in [5.74, 6) is 0. The first kappa shape index (κ1) is 21.2. The highest BCUT2D eigenvalue weighted by Crippen LogP contribution is 2.36. The zero-order chi connectivity index (χ0) is 21.2. The maximum atomic E-state index is 13.1. The molecule has 1 N–H and O–H groups in total. The normalized spacial score (nSPS) is 11.9. The zero-order valence-electron chi connectivity index (χ0n) is 15.9. The number of thiazole rings is 1. The van der Waals surface area contributed by atoms with Crippen LogP contribution in [0.4, 0.5) is 5.00 Å². The van der Waals surface area contributed by atoms with Crippen LogP contribution >= 0.6 is 11.3 Å². The van der Waals surface area contributed by atoms with E-state index in [1.807, 2.05) is 13.8 Å². The Morgan fingerprint density at radius 2 is 1.38 bits per heavy atom. The molecular formula is C20H20N2O4S3. The first-order valence-electron chi connectivity index (χ1n) is 8.65. The van der Waals surface area contributed by atoms with Gasteiger partial charge >= 0.3 is 0 Å². The lowest BCUT2D eigenvalue weighted by atomic mass is 10.2. The average molecular weight is 449 g/mol. The second-order valence-corrected chi connectivity index (χ2v) is 11.4. The molecule has 0 aliphatic carbocycles. The van der Waals surface area contributed by atoms with E-state index in [1.54, 1.807) is 30.3 Å². The number of hydrogen-bond donors (Lipinski definition) is 1. The van der Waals surface area contributed by atoms with Crippen molar-refractivity contribution in [1.82, 2.24) is 4.98 Å². The summed E-state index contributed by atoms with van der Waals surface area (Å²) in [5, 5.41) is 2.75. The molecule has 1 aromatic heterocycles.